The maximum atomic E-state index is 11.2. The highest BCUT2D eigenvalue weighted by Crippen LogP contribution is 2.64. The van der Waals surface area contributed by atoms with E-state index >= 15 is 0 Å². The van der Waals surface area contributed by atoms with E-state index in [0.717, 1.165) is 30.6 Å². The molecule has 1 N–H and O–H groups in total. The molecule has 5 atom stereocenters. The van der Waals surface area contributed by atoms with Crippen LogP contribution in [-0.4, -0.2) is 10.7 Å². The smallest absolute Gasteiger partial charge is 0.0701 e. The zero-order chi connectivity index (χ0) is 15.5. The van der Waals surface area contributed by atoms with Gasteiger partial charge in [-0.05, 0) is 86.2 Å². The summed E-state index contributed by atoms with van der Waals surface area (Å²) in [5.41, 5.74) is 4.39. The predicted octanol–water partition coefficient (Wildman–Crippen LogP) is 4.99. The van der Waals surface area contributed by atoms with Crippen molar-refractivity contribution >= 4 is 0 Å². The van der Waals surface area contributed by atoms with Gasteiger partial charge in [0.2, 0.25) is 0 Å². The molecule has 120 valence electrons. The van der Waals surface area contributed by atoms with Crippen molar-refractivity contribution in [1.29, 1.82) is 0 Å². The van der Waals surface area contributed by atoms with Crippen molar-refractivity contribution < 1.29 is 5.11 Å². The highest BCUT2D eigenvalue weighted by Gasteiger charge is 2.60. The Morgan fingerprint density at radius 3 is 2.77 bits per heavy atom. The monoisotopic (exact) mass is 298 g/mol. The summed E-state index contributed by atoms with van der Waals surface area (Å²) in [6.45, 7) is 6.79. The largest absolute Gasteiger partial charge is 0.389 e. The molecule has 1 heteroatoms. The van der Waals surface area contributed by atoms with Crippen LogP contribution in [0.15, 0.2) is 18.2 Å². The van der Waals surface area contributed by atoms with Gasteiger partial charge in [-0.2, -0.15) is 0 Å². The van der Waals surface area contributed by atoms with E-state index in [1.54, 1.807) is 11.1 Å². The van der Waals surface area contributed by atoms with Crippen LogP contribution >= 0.6 is 0 Å². The molecule has 0 heterocycles. The molecule has 22 heavy (non-hydrogen) atoms. The van der Waals surface area contributed by atoms with Gasteiger partial charge in [-0.3, -0.25) is 0 Å². The topological polar surface area (TPSA) is 20.2 Å². The molecule has 0 aliphatic heterocycles. The number of hydrogen-bond donors (Lipinski definition) is 1. The molecule has 0 spiro atoms. The fourth-order valence-corrected chi connectivity index (χ4v) is 6.40. The lowest BCUT2D eigenvalue weighted by Gasteiger charge is -2.53. The number of aliphatic hydroxyl groups is 1. The van der Waals surface area contributed by atoms with Crippen LogP contribution in [0.1, 0.15) is 75.0 Å². The average Bonchev–Trinajstić information content (AvgIpc) is 2.79. The van der Waals surface area contributed by atoms with E-state index < -0.39 is 5.60 Å². The summed E-state index contributed by atoms with van der Waals surface area (Å²) in [5.74, 6) is 2.28. The van der Waals surface area contributed by atoms with Gasteiger partial charge in [0.1, 0.15) is 0 Å². The summed E-state index contributed by atoms with van der Waals surface area (Å²) in [7, 11) is 0. The van der Waals surface area contributed by atoms with Crippen LogP contribution in [-0.2, 0) is 6.42 Å². The Kier molecular flexibility index (Phi) is 3.24. The van der Waals surface area contributed by atoms with Gasteiger partial charge < -0.3 is 5.11 Å². The quantitative estimate of drug-likeness (QED) is 0.774. The second kappa shape index (κ2) is 4.84. The average molecular weight is 298 g/mol. The Morgan fingerprint density at radius 1 is 1.18 bits per heavy atom. The van der Waals surface area contributed by atoms with Crippen molar-refractivity contribution in [3.8, 4) is 0 Å². The van der Waals surface area contributed by atoms with Gasteiger partial charge in [0.15, 0.2) is 0 Å². The Hall–Kier alpha value is -0.820. The third-order valence-corrected chi connectivity index (χ3v) is 7.79. The molecule has 1 aromatic carbocycles. The normalized spacial score (nSPS) is 43.4. The van der Waals surface area contributed by atoms with Crippen LogP contribution in [0.2, 0.25) is 0 Å². The number of aryl methyl sites for hydroxylation is 2. The molecule has 1 aromatic rings. The van der Waals surface area contributed by atoms with Crippen LogP contribution < -0.4 is 0 Å². The molecule has 0 radical (unpaired) electrons. The molecular weight excluding hydrogens is 268 g/mol. The van der Waals surface area contributed by atoms with Gasteiger partial charge >= 0.3 is 0 Å². The molecule has 2 saturated carbocycles. The van der Waals surface area contributed by atoms with Gasteiger partial charge in [0.05, 0.1) is 5.60 Å². The third kappa shape index (κ3) is 1.81. The summed E-state index contributed by atoms with van der Waals surface area (Å²) in [5, 5.41) is 11.2. The first-order valence-electron chi connectivity index (χ1n) is 9.30. The van der Waals surface area contributed by atoms with Gasteiger partial charge in [-0.15, -0.1) is 0 Å². The Balaban J connectivity index is 1.70. The zero-order valence-electron chi connectivity index (χ0n) is 14.4. The summed E-state index contributed by atoms with van der Waals surface area (Å²) in [4.78, 5) is 0. The lowest BCUT2D eigenvalue weighted by molar-refractivity contribution is -0.104. The molecular formula is C21H30O. The van der Waals surface area contributed by atoms with Crippen molar-refractivity contribution in [2.45, 2.75) is 77.2 Å². The number of rotatable bonds is 1. The first-order valence-corrected chi connectivity index (χ1v) is 9.30. The minimum absolute atomic E-state index is 0.158. The van der Waals surface area contributed by atoms with Crippen LogP contribution in [0.25, 0.3) is 0 Å². The molecule has 3 aliphatic carbocycles. The summed E-state index contributed by atoms with van der Waals surface area (Å²) < 4.78 is 0. The van der Waals surface area contributed by atoms with Crippen molar-refractivity contribution in [2.75, 3.05) is 0 Å². The second-order valence-corrected chi connectivity index (χ2v) is 8.50. The van der Waals surface area contributed by atoms with Gasteiger partial charge in [0.25, 0.3) is 0 Å². The third-order valence-electron chi connectivity index (χ3n) is 7.79. The van der Waals surface area contributed by atoms with E-state index in [9.17, 15) is 5.11 Å². The Labute approximate surface area is 135 Å². The van der Waals surface area contributed by atoms with Gasteiger partial charge in [0, 0.05) is 0 Å². The van der Waals surface area contributed by atoms with Crippen LogP contribution in [0.5, 0.6) is 0 Å². The minimum Gasteiger partial charge on any atom is -0.389 e. The highest BCUT2D eigenvalue weighted by molar-refractivity contribution is 5.38. The van der Waals surface area contributed by atoms with Crippen LogP contribution in [0, 0.1) is 24.2 Å². The highest BCUT2D eigenvalue weighted by atomic mass is 16.3. The van der Waals surface area contributed by atoms with Crippen molar-refractivity contribution in [2.24, 2.45) is 17.3 Å². The number of hydrogen-bond acceptors (Lipinski definition) is 1. The summed E-state index contributed by atoms with van der Waals surface area (Å²) >= 11 is 0. The van der Waals surface area contributed by atoms with Crippen LogP contribution in [0.4, 0.5) is 0 Å². The molecule has 0 saturated heterocycles. The molecule has 0 bridgehead atoms. The maximum Gasteiger partial charge on any atom is 0.0701 e. The number of fused-ring (bicyclic) bond motifs is 5. The van der Waals surface area contributed by atoms with Crippen molar-refractivity contribution in [3.63, 3.8) is 0 Å². The molecule has 0 aromatic heterocycles. The molecule has 4 rings (SSSR count). The standard InChI is InChI=1S/C21H30O/c1-4-21(22)12-10-19-18-8-6-15-13-14(2)5-7-16(15)17(18)9-11-20(19,21)3/h5,7,13,17-19,22H,4,6,8-12H2,1-3H3/t17-,18-,19+,20-,21-/m0/s1. The fourth-order valence-electron chi connectivity index (χ4n) is 6.40. The first-order chi connectivity index (χ1) is 10.5. The molecule has 2 fully saturated rings. The second-order valence-electron chi connectivity index (χ2n) is 8.50. The summed E-state index contributed by atoms with van der Waals surface area (Å²) in [6, 6.07) is 7.12. The first kappa shape index (κ1) is 14.8. The SMILES string of the molecule is CC[C@]1(O)CC[C@@H]2[C@H]3CCc4cc(C)ccc4[C@@H]3CC[C@@]21C. The molecule has 3 aliphatic rings. The zero-order valence-corrected chi connectivity index (χ0v) is 14.4. The van der Waals surface area contributed by atoms with E-state index in [2.05, 4.69) is 39.0 Å². The van der Waals surface area contributed by atoms with E-state index in [1.165, 1.54) is 37.7 Å². The lowest BCUT2D eigenvalue weighted by Crippen LogP contribution is -2.50. The van der Waals surface area contributed by atoms with E-state index in [4.69, 9.17) is 0 Å². The van der Waals surface area contributed by atoms with Crippen molar-refractivity contribution in [1.82, 2.24) is 0 Å². The van der Waals surface area contributed by atoms with Gasteiger partial charge in [-0.1, -0.05) is 37.6 Å². The summed E-state index contributed by atoms with van der Waals surface area (Å²) in [6.07, 6.45) is 8.24. The van der Waals surface area contributed by atoms with Crippen LogP contribution in [0.3, 0.4) is 0 Å². The van der Waals surface area contributed by atoms with E-state index in [-0.39, 0.29) is 5.41 Å². The van der Waals surface area contributed by atoms with Gasteiger partial charge in [-0.25, -0.2) is 0 Å². The molecule has 0 unspecified atom stereocenters. The van der Waals surface area contributed by atoms with E-state index in [0.29, 0.717) is 0 Å². The van der Waals surface area contributed by atoms with Crippen molar-refractivity contribution in [3.05, 3.63) is 34.9 Å². The van der Waals surface area contributed by atoms with E-state index in [1.807, 2.05) is 0 Å². The molecule has 1 nitrogen and oxygen atoms in total. The maximum absolute atomic E-state index is 11.2. The minimum atomic E-state index is -0.407. The predicted molar refractivity (Wildman–Crippen MR) is 91.0 cm³/mol. The molecule has 0 amide bonds. The number of benzene rings is 1. The fraction of sp³-hybridized carbons (Fsp3) is 0.714. The lowest BCUT2D eigenvalue weighted by atomic mass is 9.53. The Bertz CT molecular complexity index is 592. The Morgan fingerprint density at radius 2 is 2.00 bits per heavy atom.